The van der Waals surface area contributed by atoms with Gasteiger partial charge in [0.1, 0.15) is 34.0 Å². The molecule has 2 aromatic carbocycles. The van der Waals surface area contributed by atoms with E-state index in [2.05, 4.69) is 4.72 Å². The maximum absolute atomic E-state index is 13.0. The van der Waals surface area contributed by atoms with Crippen LogP contribution in [0.2, 0.25) is 0 Å². The van der Waals surface area contributed by atoms with Crippen molar-refractivity contribution in [3.05, 3.63) is 35.9 Å². The standard InChI is InChI=1S/C19H23NO6S/c1-5-25-18-9-13-8-12(2)26-17(13)11-15(18)20-27(21,22)19-10-14(23-3)6-7-16(19)24-4/h6-7,9-12,20H,5,8H2,1-4H3. The van der Waals surface area contributed by atoms with Crippen LogP contribution in [0.5, 0.6) is 23.0 Å². The molecule has 3 rings (SSSR count). The van der Waals surface area contributed by atoms with Gasteiger partial charge in [0.15, 0.2) is 0 Å². The lowest BCUT2D eigenvalue weighted by Gasteiger charge is -2.16. The molecule has 146 valence electrons. The van der Waals surface area contributed by atoms with Crippen molar-refractivity contribution in [3.8, 4) is 23.0 Å². The number of ether oxygens (including phenoxy) is 4. The number of rotatable bonds is 7. The molecule has 1 aliphatic heterocycles. The van der Waals surface area contributed by atoms with Gasteiger partial charge in [-0.3, -0.25) is 4.72 Å². The fourth-order valence-corrected chi connectivity index (χ4v) is 4.23. The summed E-state index contributed by atoms with van der Waals surface area (Å²) in [5.41, 5.74) is 1.31. The topological polar surface area (TPSA) is 83.1 Å². The fourth-order valence-electron chi connectivity index (χ4n) is 2.99. The Labute approximate surface area is 159 Å². The molecule has 0 saturated carbocycles. The van der Waals surface area contributed by atoms with Gasteiger partial charge in [-0.05, 0) is 32.0 Å². The van der Waals surface area contributed by atoms with Crippen LogP contribution in [0.4, 0.5) is 5.69 Å². The van der Waals surface area contributed by atoms with Crippen molar-refractivity contribution >= 4 is 15.7 Å². The second-order valence-electron chi connectivity index (χ2n) is 6.14. The normalized spacial score (nSPS) is 15.6. The quantitative estimate of drug-likeness (QED) is 0.778. The third-order valence-corrected chi connectivity index (χ3v) is 5.59. The molecule has 0 aromatic heterocycles. The second kappa shape index (κ2) is 7.56. The lowest BCUT2D eigenvalue weighted by molar-refractivity contribution is 0.254. The third-order valence-electron chi connectivity index (χ3n) is 4.20. The van der Waals surface area contributed by atoms with Gasteiger partial charge in [0.2, 0.25) is 0 Å². The van der Waals surface area contributed by atoms with Gasteiger partial charge in [0.05, 0.1) is 26.5 Å². The minimum atomic E-state index is -3.95. The Bertz CT molecular complexity index is 941. The summed E-state index contributed by atoms with van der Waals surface area (Å²) < 4.78 is 50.4. The number of benzene rings is 2. The van der Waals surface area contributed by atoms with Crippen LogP contribution in [0.25, 0.3) is 0 Å². The van der Waals surface area contributed by atoms with Crippen molar-refractivity contribution in [1.82, 2.24) is 0 Å². The zero-order chi connectivity index (χ0) is 19.6. The molecule has 0 aliphatic carbocycles. The molecule has 0 spiro atoms. The van der Waals surface area contributed by atoms with E-state index in [9.17, 15) is 8.42 Å². The number of anilines is 1. The van der Waals surface area contributed by atoms with Crippen LogP contribution in [-0.4, -0.2) is 35.3 Å². The van der Waals surface area contributed by atoms with Gasteiger partial charge in [-0.25, -0.2) is 8.42 Å². The zero-order valence-corrected chi connectivity index (χ0v) is 16.6. The largest absolute Gasteiger partial charge is 0.497 e. The number of fused-ring (bicyclic) bond motifs is 1. The SMILES string of the molecule is CCOc1cc2c(cc1NS(=O)(=O)c1cc(OC)ccc1OC)OC(C)C2. The van der Waals surface area contributed by atoms with E-state index in [1.54, 1.807) is 18.2 Å². The zero-order valence-electron chi connectivity index (χ0n) is 15.7. The van der Waals surface area contributed by atoms with Gasteiger partial charge < -0.3 is 18.9 Å². The molecule has 0 radical (unpaired) electrons. The molecule has 1 N–H and O–H groups in total. The molecule has 0 amide bonds. The molecule has 1 heterocycles. The van der Waals surface area contributed by atoms with Gasteiger partial charge >= 0.3 is 0 Å². The van der Waals surface area contributed by atoms with E-state index in [4.69, 9.17) is 18.9 Å². The first kappa shape index (κ1) is 19.2. The van der Waals surface area contributed by atoms with Crippen molar-refractivity contribution in [2.75, 3.05) is 25.5 Å². The van der Waals surface area contributed by atoms with Crippen LogP contribution in [0.15, 0.2) is 35.2 Å². The van der Waals surface area contributed by atoms with Crippen LogP contribution in [0.1, 0.15) is 19.4 Å². The fraction of sp³-hybridized carbons (Fsp3) is 0.368. The van der Waals surface area contributed by atoms with Gasteiger partial charge in [0.25, 0.3) is 10.0 Å². The third kappa shape index (κ3) is 3.90. The van der Waals surface area contributed by atoms with E-state index in [1.807, 2.05) is 19.9 Å². The number of methoxy groups -OCH3 is 2. The van der Waals surface area contributed by atoms with Crippen molar-refractivity contribution in [3.63, 3.8) is 0 Å². The molecule has 0 fully saturated rings. The summed E-state index contributed by atoms with van der Waals surface area (Å²) in [5, 5.41) is 0. The highest BCUT2D eigenvalue weighted by molar-refractivity contribution is 7.92. The average Bonchev–Trinajstić information content (AvgIpc) is 3.00. The first-order valence-corrected chi connectivity index (χ1v) is 10.1. The van der Waals surface area contributed by atoms with E-state index >= 15 is 0 Å². The first-order chi connectivity index (χ1) is 12.9. The van der Waals surface area contributed by atoms with Crippen molar-refractivity contribution in [2.24, 2.45) is 0 Å². The molecule has 7 nitrogen and oxygen atoms in total. The molecule has 0 bridgehead atoms. The van der Waals surface area contributed by atoms with Crippen LogP contribution in [0, 0.1) is 0 Å². The minimum absolute atomic E-state index is 0.0263. The highest BCUT2D eigenvalue weighted by Crippen LogP contribution is 2.39. The molecule has 8 heteroatoms. The molecular formula is C19H23NO6S. The molecule has 2 aromatic rings. The lowest BCUT2D eigenvalue weighted by atomic mass is 10.1. The highest BCUT2D eigenvalue weighted by Gasteiger charge is 2.26. The smallest absolute Gasteiger partial charge is 0.265 e. The summed E-state index contributed by atoms with van der Waals surface area (Å²) in [7, 11) is -1.07. The van der Waals surface area contributed by atoms with Crippen LogP contribution >= 0.6 is 0 Å². The summed E-state index contributed by atoms with van der Waals surface area (Å²) >= 11 is 0. The summed E-state index contributed by atoms with van der Waals surface area (Å²) in [6, 6.07) is 8.07. The molecule has 1 unspecified atom stereocenters. The Morgan fingerprint density at radius 1 is 1.15 bits per heavy atom. The number of sulfonamides is 1. The van der Waals surface area contributed by atoms with Crippen LogP contribution < -0.4 is 23.7 Å². The van der Waals surface area contributed by atoms with Gasteiger partial charge in [0, 0.05) is 24.1 Å². The van der Waals surface area contributed by atoms with Crippen molar-refractivity contribution < 1.29 is 27.4 Å². The number of hydrogen-bond acceptors (Lipinski definition) is 6. The maximum Gasteiger partial charge on any atom is 0.265 e. The Morgan fingerprint density at radius 2 is 1.93 bits per heavy atom. The highest BCUT2D eigenvalue weighted by atomic mass is 32.2. The Hall–Kier alpha value is -2.61. The van der Waals surface area contributed by atoms with Gasteiger partial charge in [-0.2, -0.15) is 0 Å². The Kier molecular flexibility index (Phi) is 5.36. The van der Waals surface area contributed by atoms with Crippen molar-refractivity contribution in [1.29, 1.82) is 0 Å². The average molecular weight is 393 g/mol. The van der Waals surface area contributed by atoms with E-state index in [1.165, 1.54) is 20.3 Å². The van der Waals surface area contributed by atoms with E-state index in [0.29, 0.717) is 29.5 Å². The monoisotopic (exact) mass is 393 g/mol. The summed E-state index contributed by atoms with van der Waals surface area (Å²) in [5.74, 6) is 1.74. The van der Waals surface area contributed by atoms with Crippen molar-refractivity contribution in [2.45, 2.75) is 31.3 Å². The van der Waals surface area contributed by atoms with Crippen LogP contribution in [0.3, 0.4) is 0 Å². The minimum Gasteiger partial charge on any atom is -0.497 e. The predicted molar refractivity (Wildman–Crippen MR) is 102 cm³/mol. The maximum atomic E-state index is 13.0. The lowest BCUT2D eigenvalue weighted by Crippen LogP contribution is -2.15. The number of hydrogen-bond donors (Lipinski definition) is 1. The molecule has 0 saturated heterocycles. The summed E-state index contributed by atoms with van der Waals surface area (Å²) in [6.45, 7) is 4.22. The van der Waals surface area contributed by atoms with Gasteiger partial charge in [-0.15, -0.1) is 0 Å². The Balaban J connectivity index is 2.02. The van der Waals surface area contributed by atoms with E-state index < -0.39 is 10.0 Å². The van der Waals surface area contributed by atoms with E-state index in [0.717, 1.165) is 12.0 Å². The summed E-state index contributed by atoms with van der Waals surface area (Å²) in [6.07, 6.45) is 0.798. The second-order valence-corrected chi connectivity index (χ2v) is 7.79. The molecule has 1 atom stereocenters. The number of nitrogens with one attached hydrogen (secondary N) is 1. The van der Waals surface area contributed by atoms with Crippen LogP contribution in [-0.2, 0) is 16.4 Å². The van der Waals surface area contributed by atoms with E-state index in [-0.39, 0.29) is 16.7 Å². The molecule has 1 aliphatic rings. The Morgan fingerprint density at radius 3 is 2.59 bits per heavy atom. The first-order valence-electron chi connectivity index (χ1n) is 8.59. The molecule has 27 heavy (non-hydrogen) atoms. The predicted octanol–water partition coefficient (Wildman–Crippen LogP) is 3.23. The molecular weight excluding hydrogens is 370 g/mol. The van der Waals surface area contributed by atoms with Gasteiger partial charge in [-0.1, -0.05) is 0 Å². The summed E-state index contributed by atoms with van der Waals surface area (Å²) in [4.78, 5) is -0.0263.